The van der Waals surface area contributed by atoms with E-state index in [0.717, 1.165) is 10.9 Å². The van der Waals surface area contributed by atoms with Crippen LogP contribution in [0.5, 0.6) is 5.75 Å². The van der Waals surface area contributed by atoms with E-state index < -0.39 is 22.0 Å². The lowest BCUT2D eigenvalue weighted by Gasteiger charge is -2.19. The van der Waals surface area contributed by atoms with Crippen LogP contribution in [0, 0.1) is 12.7 Å². The van der Waals surface area contributed by atoms with Crippen LogP contribution in [0.2, 0.25) is 0 Å². The van der Waals surface area contributed by atoms with E-state index in [9.17, 15) is 13.4 Å². The molecule has 184 valence electrons. The van der Waals surface area contributed by atoms with Crippen LogP contribution >= 0.6 is 0 Å². The Labute approximate surface area is 199 Å². The summed E-state index contributed by atoms with van der Waals surface area (Å²) in [6, 6.07) is 7.68. The van der Waals surface area contributed by atoms with Gasteiger partial charge in [-0.3, -0.25) is 9.00 Å². The summed E-state index contributed by atoms with van der Waals surface area (Å²) in [6.07, 6.45) is 3.83. The third kappa shape index (κ3) is 6.61. The number of nitrogens with one attached hydrogen (secondary N) is 3. The number of ether oxygens (including phenoxy) is 2. The summed E-state index contributed by atoms with van der Waals surface area (Å²) in [5.74, 6) is -0.204. The lowest BCUT2D eigenvalue weighted by Crippen LogP contribution is -2.38. The number of amides is 1. The Kier molecular flexibility index (Phi) is 8.00. The van der Waals surface area contributed by atoms with Crippen LogP contribution in [0.4, 0.5) is 21.6 Å². The van der Waals surface area contributed by atoms with E-state index in [0.29, 0.717) is 35.9 Å². The molecule has 0 saturated carbocycles. The van der Waals surface area contributed by atoms with Crippen molar-refractivity contribution in [1.82, 2.24) is 15.3 Å². The Balaban J connectivity index is 1.90. The standard InChI is InChI=1S/C23H30FN5O4S/c1-14-10-17(29-34(4,5)31)12-19-21(14)22(27-13-26-19)28-18-7-6-16(24)11-20(18)33-15(2)23(30)25-8-9-32-3/h6-7,10-13,15,34H,8-9H2,1-5H3,(H,25,30)(H,29,31)(H,26,27,28)/t15-/m1/s1. The van der Waals surface area contributed by atoms with Gasteiger partial charge in [0, 0.05) is 43.3 Å². The number of rotatable bonds is 10. The number of carbonyl (C=O) groups excluding carboxylic acids is 1. The van der Waals surface area contributed by atoms with Crippen LogP contribution in [-0.2, 0) is 19.7 Å². The average molecular weight is 492 g/mol. The van der Waals surface area contributed by atoms with Crippen LogP contribution in [-0.4, -0.2) is 59.0 Å². The Morgan fingerprint density at radius 2 is 1.97 bits per heavy atom. The van der Waals surface area contributed by atoms with Crippen LogP contribution in [0.25, 0.3) is 10.9 Å². The molecule has 0 aliphatic rings. The highest BCUT2D eigenvalue weighted by Crippen LogP contribution is 2.33. The molecule has 9 nitrogen and oxygen atoms in total. The van der Waals surface area contributed by atoms with E-state index >= 15 is 0 Å². The first-order chi connectivity index (χ1) is 16.1. The predicted octanol–water partition coefficient (Wildman–Crippen LogP) is 2.95. The number of hydrogen-bond acceptors (Lipinski definition) is 7. The molecule has 1 atom stereocenters. The minimum atomic E-state index is -2.50. The zero-order chi connectivity index (χ0) is 24.9. The third-order valence-electron chi connectivity index (χ3n) is 4.81. The highest BCUT2D eigenvalue weighted by molar-refractivity contribution is 8.02. The van der Waals surface area contributed by atoms with Gasteiger partial charge in [0.2, 0.25) is 0 Å². The number of halogens is 1. The molecular formula is C23H30FN5O4S. The SMILES string of the molecule is COCCNC(=O)[C@@H](C)Oc1cc(F)ccc1Nc1ncnc2cc(N[SH](C)(C)=O)cc(C)c12. The minimum absolute atomic E-state index is 0.162. The van der Waals surface area contributed by atoms with E-state index in [2.05, 4.69) is 25.3 Å². The van der Waals surface area contributed by atoms with Gasteiger partial charge in [0.05, 0.1) is 17.8 Å². The Hall–Kier alpha value is -3.31. The lowest BCUT2D eigenvalue weighted by molar-refractivity contribution is -0.127. The molecule has 3 rings (SSSR count). The van der Waals surface area contributed by atoms with Crippen molar-refractivity contribution in [2.45, 2.75) is 20.0 Å². The summed E-state index contributed by atoms with van der Waals surface area (Å²) >= 11 is 0. The fraction of sp³-hybridized carbons (Fsp3) is 0.348. The first-order valence-electron chi connectivity index (χ1n) is 10.7. The predicted molar refractivity (Wildman–Crippen MR) is 134 cm³/mol. The van der Waals surface area contributed by atoms with Gasteiger partial charge in [-0.1, -0.05) is 0 Å². The first kappa shape index (κ1) is 25.3. The van der Waals surface area contributed by atoms with Crippen molar-refractivity contribution >= 4 is 44.1 Å². The van der Waals surface area contributed by atoms with Crippen molar-refractivity contribution < 1.29 is 22.9 Å². The van der Waals surface area contributed by atoms with Crippen molar-refractivity contribution in [2.24, 2.45) is 0 Å². The number of carbonyl (C=O) groups is 1. The molecule has 34 heavy (non-hydrogen) atoms. The van der Waals surface area contributed by atoms with Crippen molar-refractivity contribution in [3.05, 3.63) is 48.0 Å². The minimum Gasteiger partial charge on any atom is -0.479 e. The zero-order valence-electron chi connectivity index (χ0n) is 19.8. The van der Waals surface area contributed by atoms with Gasteiger partial charge in [-0.15, -0.1) is 0 Å². The molecule has 0 aliphatic heterocycles. The monoisotopic (exact) mass is 491 g/mol. The van der Waals surface area contributed by atoms with Gasteiger partial charge in [0.15, 0.2) is 6.10 Å². The van der Waals surface area contributed by atoms with E-state index in [1.807, 2.05) is 13.0 Å². The van der Waals surface area contributed by atoms with Gasteiger partial charge < -0.3 is 24.8 Å². The second-order valence-corrected chi connectivity index (χ2v) is 11.1. The molecule has 11 heteroatoms. The topological polar surface area (TPSA) is 114 Å². The van der Waals surface area contributed by atoms with Crippen molar-refractivity contribution in [3.63, 3.8) is 0 Å². The van der Waals surface area contributed by atoms with E-state index in [-0.39, 0.29) is 11.7 Å². The van der Waals surface area contributed by atoms with Crippen molar-refractivity contribution in [1.29, 1.82) is 0 Å². The highest BCUT2D eigenvalue weighted by atomic mass is 32.3. The maximum atomic E-state index is 14.0. The molecule has 2 aromatic carbocycles. The van der Waals surface area contributed by atoms with Crippen LogP contribution < -0.4 is 20.1 Å². The fourth-order valence-corrected chi connectivity index (χ4v) is 4.10. The van der Waals surface area contributed by atoms with Crippen molar-refractivity contribution in [3.8, 4) is 5.75 Å². The smallest absolute Gasteiger partial charge is 0.260 e. The number of aryl methyl sites for hydroxylation is 1. The normalized spacial score (nSPS) is 12.8. The highest BCUT2D eigenvalue weighted by Gasteiger charge is 2.18. The Morgan fingerprint density at radius 3 is 2.68 bits per heavy atom. The molecule has 0 saturated heterocycles. The summed E-state index contributed by atoms with van der Waals surface area (Å²) in [6.45, 7) is 4.19. The third-order valence-corrected chi connectivity index (χ3v) is 5.61. The first-order valence-corrected chi connectivity index (χ1v) is 13.3. The number of fused-ring (bicyclic) bond motifs is 1. The van der Waals surface area contributed by atoms with Crippen LogP contribution in [0.3, 0.4) is 0 Å². The van der Waals surface area contributed by atoms with Gasteiger partial charge in [-0.05, 0) is 53.8 Å². The molecule has 1 aromatic heterocycles. The molecule has 0 unspecified atom stereocenters. The van der Waals surface area contributed by atoms with Crippen LogP contribution in [0.15, 0.2) is 36.7 Å². The van der Waals surface area contributed by atoms with Gasteiger partial charge in [0.25, 0.3) is 5.91 Å². The number of aromatic nitrogens is 2. The number of hydrogen-bond donors (Lipinski definition) is 4. The summed E-state index contributed by atoms with van der Waals surface area (Å²) in [5, 5.41) is 6.61. The van der Waals surface area contributed by atoms with E-state index in [1.165, 1.54) is 24.5 Å². The largest absolute Gasteiger partial charge is 0.479 e. The molecule has 0 spiro atoms. The number of anilines is 3. The molecule has 0 bridgehead atoms. The number of nitrogens with zero attached hydrogens (tertiary/aromatic N) is 2. The zero-order valence-corrected chi connectivity index (χ0v) is 20.7. The molecule has 3 N–H and O–H groups in total. The Morgan fingerprint density at radius 1 is 1.21 bits per heavy atom. The molecular weight excluding hydrogens is 461 g/mol. The maximum absolute atomic E-state index is 14.0. The van der Waals surface area contributed by atoms with Gasteiger partial charge in [-0.25, -0.2) is 14.4 Å². The molecule has 0 radical (unpaired) electrons. The number of thiol groups is 1. The second kappa shape index (κ2) is 10.7. The van der Waals surface area contributed by atoms with Gasteiger partial charge in [-0.2, -0.15) is 0 Å². The summed E-state index contributed by atoms with van der Waals surface area (Å²) in [7, 11) is -0.955. The van der Waals surface area contributed by atoms with E-state index in [4.69, 9.17) is 9.47 Å². The lowest BCUT2D eigenvalue weighted by atomic mass is 10.1. The van der Waals surface area contributed by atoms with E-state index in [1.54, 1.807) is 32.6 Å². The van der Waals surface area contributed by atoms with Crippen LogP contribution in [0.1, 0.15) is 12.5 Å². The number of methoxy groups -OCH3 is 1. The summed E-state index contributed by atoms with van der Waals surface area (Å²) < 4.78 is 39.9. The molecule has 3 aromatic rings. The summed E-state index contributed by atoms with van der Waals surface area (Å²) in [4.78, 5) is 21.0. The number of benzene rings is 2. The van der Waals surface area contributed by atoms with Gasteiger partial charge in [0.1, 0.15) is 23.7 Å². The molecule has 1 heterocycles. The molecule has 1 amide bonds. The quantitative estimate of drug-likeness (QED) is 0.255. The van der Waals surface area contributed by atoms with Crippen molar-refractivity contribution in [2.75, 3.05) is 42.8 Å². The molecule has 0 fully saturated rings. The van der Waals surface area contributed by atoms with Gasteiger partial charge >= 0.3 is 0 Å². The average Bonchev–Trinajstić information content (AvgIpc) is 2.74. The maximum Gasteiger partial charge on any atom is 0.260 e. The summed E-state index contributed by atoms with van der Waals surface area (Å²) in [5.41, 5.74) is 2.63. The molecule has 0 aliphatic carbocycles. The Bertz CT molecular complexity index is 1230. The second-order valence-electron chi connectivity index (χ2n) is 8.18. The fourth-order valence-electron chi connectivity index (χ4n) is 3.35.